The number of allylic oxidation sites excluding steroid dienone is 1. The van der Waals surface area contributed by atoms with Crippen molar-refractivity contribution in [3.63, 3.8) is 0 Å². The summed E-state index contributed by atoms with van der Waals surface area (Å²) in [5.74, 6) is -3.15. The van der Waals surface area contributed by atoms with Gasteiger partial charge in [0.2, 0.25) is 5.91 Å². The second-order valence-electron chi connectivity index (χ2n) is 11.8. The zero-order chi connectivity index (χ0) is 29.6. The zero-order valence-electron chi connectivity index (χ0n) is 24.4. The van der Waals surface area contributed by atoms with E-state index in [4.69, 9.17) is 9.47 Å². The number of nitrogens with zero attached hydrogens (tertiary/aromatic N) is 2. The van der Waals surface area contributed by atoms with E-state index in [2.05, 4.69) is 0 Å². The predicted molar refractivity (Wildman–Crippen MR) is 157 cm³/mol. The predicted octanol–water partition coefficient (Wildman–Crippen LogP) is 4.19. The highest BCUT2D eigenvalue weighted by molar-refractivity contribution is 6.06. The van der Waals surface area contributed by atoms with Gasteiger partial charge in [-0.25, -0.2) is 0 Å². The maximum Gasteiger partial charge on any atom is 0.313 e. The van der Waals surface area contributed by atoms with Crippen LogP contribution in [0.5, 0.6) is 0 Å². The molecule has 0 bridgehead atoms. The molecule has 8 nitrogen and oxygen atoms in total. The van der Waals surface area contributed by atoms with Crippen molar-refractivity contribution in [3.8, 4) is 0 Å². The molecule has 6 atom stereocenters. The van der Waals surface area contributed by atoms with Crippen LogP contribution in [-0.4, -0.2) is 64.8 Å². The lowest BCUT2D eigenvalue weighted by atomic mass is 9.73. The average Bonchev–Trinajstić information content (AvgIpc) is 3.37. The molecule has 2 aromatic rings. The molecule has 4 aliphatic heterocycles. The number of anilines is 1. The minimum Gasteiger partial charge on any atom is -0.465 e. The first kappa shape index (κ1) is 28.4. The van der Waals surface area contributed by atoms with Crippen LogP contribution in [0.4, 0.5) is 5.69 Å². The summed E-state index contributed by atoms with van der Waals surface area (Å²) in [7, 11) is 0. The minimum absolute atomic E-state index is 0.249. The number of fused-ring (bicyclic) bond motifs is 2. The molecule has 1 spiro atoms. The first-order valence-corrected chi connectivity index (χ1v) is 14.9. The van der Waals surface area contributed by atoms with Gasteiger partial charge in [-0.15, -0.1) is 0 Å². The molecule has 4 aliphatic rings. The topological polar surface area (TPSA) is 96.4 Å². The smallest absolute Gasteiger partial charge is 0.313 e. The summed E-state index contributed by atoms with van der Waals surface area (Å²) in [6.07, 6.45) is 9.44. The van der Waals surface area contributed by atoms with Gasteiger partial charge >= 0.3 is 5.97 Å². The van der Waals surface area contributed by atoms with Crippen molar-refractivity contribution in [1.82, 2.24) is 4.90 Å². The molecule has 1 unspecified atom stereocenters. The number of aliphatic hydroxyl groups is 1. The SMILES string of the molecule is CC[C@]12/C=C\CCCOC(=O)[C@H]1[C@H]1C(=O)N([C@H](CO)c3ccccc3)C3C(=O)N(c4cc(C)ccc4C)CC=C[C@@]31O2. The monoisotopic (exact) mass is 570 g/mol. The molecule has 0 saturated carbocycles. The molecule has 2 aromatic carbocycles. The number of amides is 2. The molecule has 220 valence electrons. The summed E-state index contributed by atoms with van der Waals surface area (Å²) in [6.45, 7) is 5.99. The molecule has 42 heavy (non-hydrogen) atoms. The van der Waals surface area contributed by atoms with Crippen molar-refractivity contribution in [3.05, 3.63) is 89.5 Å². The van der Waals surface area contributed by atoms with Gasteiger partial charge < -0.3 is 24.4 Å². The number of aliphatic hydroxyl groups excluding tert-OH is 1. The van der Waals surface area contributed by atoms with Gasteiger partial charge in [0, 0.05) is 12.2 Å². The number of esters is 1. The first-order valence-electron chi connectivity index (χ1n) is 14.9. The van der Waals surface area contributed by atoms with E-state index >= 15 is 0 Å². The van der Waals surface area contributed by atoms with E-state index in [1.165, 1.54) is 4.90 Å². The number of carbonyl (C=O) groups excluding carboxylic acids is 3. The van der Waals surface area contributed by atoms with E-state index in [9.17, 15) is 19.5 Å². The summed E-state index contributed by atoms with van der Waals surface area (Å²) in [5.41, 5.74) is 0.822. The number of ether oxygens (including phenoxy) is 2. The lowest BCUT2D eigenvalue weighted by Gasteiger charge is -2.41. The van der Waals surface area contributed by atoms with Crippen LogP contribution in [0, 0.1) is 25.7 Å². The summed E-state index contributed by atoms with van der Waals surface area (Å²) in [5, 5.41) is 10.7. The standard InChI is InChI=1S/C34H38N2O6/c1-4-33-16-9-6-10-19-41-32(40)28(33)27-30(38)36(26(21-37)24-12-7-5-8-13-24)29-31(39)35(18-11-17-34(27,29)42-33)25-20-22(2)14-15-23(25)3/h5,7-9,11-17,20,26-29,37H,4,6,10,18-19,21H2,1-3H3/b16-9-/t26-,27+,28-,29?,33+,34+/m1/s1. The highest BCUT2D eigenvalue weighted by Gasteiger charge is 2.76. The Morgan fingerprint density at radius 2 is 1.79 bits per heavy atom. The Hall–Kier alpha value is -3.75. The fourth-order valence-electron chi connectivity index (χ4n) is 7.41. The summed E-state index contributed by atoms with van der Waals surface area (Å²) in [6, 6.07) is 13.2. The van der Waals surface area contributed by atoms with Crippen LogP contribution in [0.1, 0.15) is 48.9 Å². The van der Waals surface area contributed by atoms with Crippen LogP contribution in [0.25, 0.3) is 0 Å². The molecular weight excluding hydrogens is 532 g/mol. The number of hydrogen-bond acceptors (Lipinski definition) is 6. The lowest BCUT2D eigenvalue weighted by molar-refractivity contribution is -0.161. The molecular formula is C34H38N2O6. The van der Waals surface area contributed by atoms with E-state index in [1.807, 2.05) is 93.6 Å². The third kappa shape index (κ3) is 4.23. The fourth-order valence-corrected chi connectivity index (χ4v) is 7.41. The molecule has 2 amide bonds. The molecule has 0 radical (unpaired) electrons. The number of hydrogen-bond donors (Lipinski definition) is 1. The van der Waals surface area contributed by atoms with Gasteiger partial charge in [-0.05, 0) is 55.9 Å². The third-order valence-electron chi connectivity index (χ3n) is 9.42. The van der Waals surface area contributed by atoms with Gasteiger partial charge in [0.25, 0.3) is 5.91 Å². The molecule has 2 saturated heterocycles. The number of cyclic esters (lactones) is 1. The van der Waals surface area contributed by atoms with E-state index in [0.29, 0.717) is 24.8 Å². The van der Waals surface area contributed by atoms with Gasteiger partial charge in [0.15, 0.2) is 0 Å². The molecule has 8 heteroatoms. The number of likely N-dealkylation sites (tertiary alicyclic amines) is 1. The Labute approximate surface area is 246 Å². The van der Waals surface area contributed by atoms with E-state index in [-0.39, 0.29) is 19.1 Å². The zero-order valence-corrected chi connectivity index (χ0v) is 24.4. The largest absolute Gasteiger partial charge is 0.465 e. The van der Waals surface area contributed by atoms with E-state index in [1.54, 1.807) is 4.90 Å². The summed E-state index contributed by atoms with van der Waals surface area (Å²) < 4.78 is 12.8. The first-order chi connectivity index (χ1) is 20.3. The van der Waals surface area contributed by atoms with Crippen LogP contribution in [0.2, 0.25) is 0 Å². The molecule has 2 fully saturated rings. The van der Waals surface area contributed by atoms with Gasteiger partial charge in [0.05, 0.1) is 25.2 Å². The van der Waals surface area contributed by atoms with Gasteiger partial charge in [-0.1, -0.05) is 73.7 Å². The minimum atomic E-state index is -1.44. The Bertz CT molecular complexity index is 1450. The van der Waals surface area contributed by atoms with Crippen LogP contribution < -0.4 is 4.90 Å². The van der Waals surface area contributed by atoms with Crippen LogP contribution in [0.15, 0.2) is 72.8 Å². The van der Waals surface area contributed by atoms with Crippen molar-refractivity contribution in [2.24, 2.45) is 11.8 Å². The van der Waals surface area contributed by atoms with Crippen molar-refractivity contribution in [2.45, 2.75) is 63.3 Å². The molecule has 6 rings (SSSR count). The number of carbonyl (C=O) groups is 3. The Kier molecular flexibility index (Phi) is 7.31. The van der Waals surface area contributed by atoms with Crippen molar-refractivity contribution >= 4 is 23.5 Å². The van der Waals surface area contributed by atoms with Gasteiger partial charge in [-0.3, -0.25) is 14.4 Å². The quantitative estimate of drug-likeness (QED) is 0.428. The summed E-state index contributed by atoms with van der Waals surface area (Å²) >= 11 is 0. The lowest BCUT2D eigenvalue weighted by Crippen LogP contribution is -2.57. The van der Waals surface area contributed by atoms with Crippen molar-refractivity contribution in [2.75, 3.05) is 24.7 Å². The van der Waals surface area contributed by atoms with Crippen LogP contribution in [-0.2, 0) is 23.9 Å². The summed E-state index contributed by atoms with van der Waals surface area (Å²) in [4.78, 5) is 46.7. The van der Waals surface area contributed by atoms with Gasteiger partial charge in [-0.2, -0.15) is 0 Å². The number of aryl methyl sites for hydroxylation is 2. The maximum atomic E-state index is 14.9. The van der Waals surface area contributed by atoms with E-state index < -0.39 is 53.6 Å². The van der Waals surface area contributed by atoms with E-state index in [0.717, 1.165) is 16.8 Å². The maximum absolute atomic E-state index is 14.9. The molecule has 1 N–H and O–H groups in total. The van der Waals surface area contributed by atoms with Crippen molar-refractivity contribution < 1.29 is 29.0 Å². The number of rotatable bonds is 5. The Morgan fingerprint density at radius 1 is 1.00 bits per heavy atom. The molecule has 0 aliphatic carbocycles. The second-order valence-corrected chi connectivity index (χ2v) is 11.8. The normalized spacial score (nSPS) is 32.2. The third-order valence-corrected chi connectivity index (χ3v) is 9.42. The Balaban J connectivity index is 1.57. The van der Waals surface area contributed by atoms with Crippen LogP contribution in [0.3, 0.4) is 0 Å². The highest BCUT2D eigenvalue weighted by Crippen LogP contribution is 2.59. The molecule has 4 heterocycles. The van der Waals surface area contributed by atoms with Crippen LogP contribution >= 0.6 is 0 Å². The molecule has 0 aromatic heterocycles. The Morgan fingerprint density at radius 3 is 2.52 bits per heavy atom. The second kappa shape index (κ2) is 10.8. The van der Waals surface area contributed by atoms with Crippen molar-refractivity contribution in [1.29, 1.82) is 0 Å². The van der Waals surface area contributed by atoms with Gasteiger partial charge in [0.1, 0.15) is 23.2 Å². The fraction of sp³-hybridized carbons (Fsp3) is 0.441. The highest BCUT2D eigenvalue weighted by atomic mass is 16.6. The number of benzene rings is 2. The average molecular weight is 571 g/mol.